The number of anilines is 2. The van der Waals surface area contributed by atoms with Crippen LogP contribution in [0.2, 0.25) is 0 Å². The van der Waals surface area contributed by atoms with E-state index in [1.807, 2.05) is 22.8 Å². The van der Waals surface area contributed by atoms with E-state index in [1.54, 1.807) is 0 Å². The Balaban J connectivity index is 1.38. The summed E-state index contributed by atoms with van der Waals surface area (Å²) >= 11 is 0. The topological polar surface area (TPSA) is 118 Å². The fourth-order valence-electron chi connectivity index (χ4n) is 6.54. The first-order chi connectivity index (χ1) is 22.2. The summed E-state index contributed by atoms with van der Waals surface area (Å²) in [4.78, 5) is 31.3. The van der Waals surface area contributed by atoms with Crippen LogP contribution in [0.25, 0.3) is 22.8 Å². The number of piperidine rings is 1. The van der Waals surface area contributed by atoms with E-state index >= 15 is 0 Å². The van der Waals surface area contributed by atoms with Crippen LogP contribution >= 0.6 is 0 Å². The molecule has 0 amide bonds. The number of imidazole rings is 1. The normalized spacial score (nSPS) is 18.1. The van der Waals surface area contributed by atoms with Gasteiger partial charge in [0.1, 0.15) is 5.52 Å². The smallest absolute Gasteiger partial charge is 0.365 e. The number of rotatable bonds is 9. The van der Waals surface area contributed by atoms with Gasteiger partial charge in [-0.25, -0.2) is 14.8 Å². The standard InChI is InChI=1S/C33H35F3N8O2/c1-20(23-10-7-11-23)37-27-26-28(39-29(38-27)30-41-32(45)46-42-30)40-31(44(26)19-22-13-15-24(16-14-22)33(34,35)36)43-17-6-5-12-25(43)18-21-8-3-2-4-9-21/h2-4,8-9,13-16,20,23,25H,5-7,10-12,17-19H2,1H3,(H,37,38,39)(H,41,42,45)/t20-,25?/m1/s1. The van der Waals surface area contributed by atoms with Crippen molar-refractivity contribution in [3.05, 3.63) is 81.8 Å². The zero-order valence-corrected chi connectivity index (χ0v) is 25.4. The van der Waals surface area contributed by atoms with Gasteiger partial charge in [0, 0.05) is 18.6 Å². The molecule has 0 radical (unpaired) electrons. The van der Waals surface area contributed by atoms with Crippen molar-refractivity contribution in [1.29, 1.82) is 0 Å². The Morgan fingerprint density at radius 1 is 0.978 bits per heavy atom. The van der Waals surface area contributed by atoms with Crippen molar-refractivity contribution >= 4 is 22.9 Å². The molecular weight excluding hydrogens is 597 g/mol. The minimum absolute atomic E-state index is 0.0880. The number of alkyl halides is 3. The molecule has 2 aromatic carbocycles. The predicted molar refractivity (Wildman–Crippen MR) is 168 cm³/mol. The van der Waals surface area contributed by atoms with Gasteiger partial charge in [-0.2, -0.15) is 18.2 Å². The third kappa shape index (κ3) is 6.10. The summed E-state index contributed by atoms with van der Waals surface area (Å²) in [5.41, 5.74) is 2.24. The molecule has 1 aliphatic carbocycles. The van der Waals surface area contributed by atoms with Crippen molar-refractivity contribution in [3.63, 3.8) is 0 Å². The second kappa shape index (κ2) is 12.3. The van der Waals surface area contributed by atoms with Crippen LogP contribution in [0.5, 0.6) is 0 Å². The second-order valence-electron chi connectivity index (χ2n) is 12.4. The number of halogens is 3. The molecule has 5 aromatic rings. The highest BCUT2D eigenvalue weighted by Gasteiger charge is 2.32. The van der Waals surface area contributed by atoms with Crippen molar-refractivity contribution in [2.45, 2.75) is 76.7 Å². The summed E-state index contributed by atoms with van der Waals surface area (Å²) in [6.07, 6.45) is 2.83. The molecule has 1 aliphatic heterocycles. The Bertz CT molecular complexity index is 1860. The molecule has 3 aromatic heterocycles. The third-order valence-electron chi connectivity index (χ3n) is 9.28. The van der Waals surface area contributed by atoms with Crippen LogP contribution in [0.4, 0.5) is 24.9 Å². The van der Waals surface area contributed by atoms with E-state index < -0.39 is 17.5 Å². The van der Waals surface area contributed by atoms with Gasteiger partial charge in [-0.3, -0.25) is 9.51 Å². The quantitative estimate of drug-likeness (QED) is 0.191. The molecular formula is C33H35F3N8O2. The Kier molecular flexibility index (Phi) is 7.99. The number of hydrogen-bond acceptors (Lipinski definition) is 8. The van der Waals surface area contributed by atoms with Crippen LogP contribution < -0.4 is 16.0 Å². The van der Waals surface area contributed by atoms with Crippen molar-refractivity contribution in [2.24, 2.45) is 5.92 Å². The minimum atomic E-state index is -4.43. The molecule has 1 saturated carbocycles. The summed E-state index contributed by atoms with van der Waals surface area (Å²) in [7, 11) is 0. The molecule has 0 bridgehead atoms. The number of nitrogens with one attached hydrogen (secondary N) is 2. The van der Waals surface area contributed by atoms with Crippen molar-refractivity contribution in [1.82, 2.24) is 29.7 Å². The molecule has 2 atom stereocenters. The van der Waals surface area contributed by atoms with Gasteiger partial charge in [-0.15, -0.1) is 0 Å². The summed E-state index contributed by atoms with van der Waals surface area (Å²) < 4.78 is 47.0. The monoisotopic (exact) mass is 632 g/mol. The van der Waals surface area contributed by atoms with E-state index in [1.165, 1.54) is 24.1 Å². The molecule has 1 saturated heterocycles. The second-order valence-corrected chi connectivity index (χ2v) is 12.4. The van der Waals surface area contributed by atoms with Gasteiger partial charge in [-0.05, 0) is 74.6 Å². The largest absolute Gasteiger partial charge is 0.439 e. The average molecular weight is 633 g/mol. The van der Waals surface area contributed by atoms with Gasteiger partial charge >= 0.3 is 11.9 Å². The lowest BCUT2D eigenvalue weighted by Gasteiger charge is -2.37. The summed E-state index contributed by atoms with van der Waals surface area (Å²) in [5.74, 6) is 1.20. The maximum atomic E-state index is 13.4. The number of H-pyrrole nitrogens is 1. The summed E-state index contributed by atoms with van der Waals surface area (Å²) in [6, 6.07) is 15.8. The van der Waals surface area contributed by atoms with Gasteiger partial charge in [0.15, 0.2) is 11.5 Å². The number of benzene rings is 2. The summed E-state index contributed by atoms with van der Waals surface area (Å²) in [6.45, 7) is 3.15. The highest BCUT2D eigenvalue weighted by Crippen LogP contribution is 2.36. The Hall–Kier alpha value is -4.68. The Morgan fingerprint density at radius 3 is 2.43 bits per heavy atom. The number of nitrogens with zero attached hydrogens (tertiary/aromatic N) is 6. The molecule has 13 heteroatoms. The van der Waals surface area contributed by atoms with Crippen LogP contribution in [0.3, 0.4) is 0 Å². The third-order valence-corrected chi connectivity index (χ3v) is 9.28. The fourth-order valence-corrected chi connectivity index (χ4v) is 6.54. The van der Waals surface area contributed by atoms with Gasteiger partial charge in [0.05, 0.1) is 12.1 Å². The van der Waals surface area contributed by atoms with Crippen LogP contribution in [0.1, 0.15) is 62.1 Å². The van der Waals surface area contributed by atoms with Crippen molar-refractivity contribution in [3.8, 4) is 11.6 Å². The van der Waals surface area contributed by atoms with Gasteiger partial charge in [0.25, 0.3) is 0 Å². The fraction of sp³-hybridized carbons (Fsp3) is 0.424. The maximum absolute atomic E-state index is 13.4. The highest BCUT2D eigenvalue weighted by atomic mass is 19.4. The molecule has 2 fully saturated rings. The zero-order valence-electron chi connectivity index (χ0n) is 25.4. The first-order valence-corrected chi connectivity index (χ1v) is 15.8. The first kappa shape index (κ1) is 30.0. The number of hydrogen-bond donors (Lipinski definition) is 2. The van der Waals surface area contributed by atoms with Crippen LogP contribution in [-0.2, 0) is 19.1 Å². The molecule has 1 unspecified atom stereocenters. The molecule has 0 spiro atoms. The van der Waals surface area contributed by atoms with Crippen molar-refractivity contribution < 1.29 is 17.7 Å². The molecule has 7 rings (SSSR count). The minimum Gasteiger partial charge on any atom is -0.365 e. The SMILES string of the molecule is C[C@@H](Nc1nc(-c2noc(=O)[nH]2)nc2nc(N3CCCCC3Cc3ccccc3)n(Cc3ccc(C(F)(F)F)cc3)c12)C1CCC1. The van der Waals surface area contributed by atoms with E-state index in [4.69, 9.17) is 19.5 Å². The van der Waals surface area contributed by atoms with E-state index in [0.29, 0.717) is 34.4 Å². The molecule has 4 heterocycles. The van der Waals surface area contributed by atoms with Crippen molar-refractivity contribution in [2.75, 3.05) is 16.8 Å². The van der Waals surface area contributed by atoms with E-state index in [9.17, 15) is 18.0 Å². The lowest BCUT2D eigenvalue weighted by molar-refractivity contribution is -0.137. The zero-order chi connectivity index (χ0) is 31.8. The van der Waals surface area contributed by atoms with Crippen LogP contribution in [0.15, 0.2) is 63.9 Å². The lowest BCUT2D eigenvalue weighted by atomic mass is 9.80. The molecule has 10 nitrogen and oxygen atoms in total. The Morgan fingerprint density at radius 2 is 1.76 bits per heavy atom. The van der Waals surface area contributed by atoms with E-state index in [-0.39, 0.29) is 30.3 Å². The van der Waals surface area contributed by atoms with Gasteiger partial charge in [0.2, 0.25) is 17.6 Å². The summed E-state index contributed by atoms with van der Waals surface area (Å²) in [5, 5.41) is 7.41. The first-order valence-electron chi connectivity index (χ1n) is 15.8. The van der Waals surface area contributed by atoms with E-state index in [0.717, 1.165) is 57.2 Å². The number of aromatic nitrogens is 6. The molecule has 2 aliphatic rings. The molecule has 240 valence electrons. The molecule has 2 N–H and O–H groups in total. The highest BCUT2D eigenvalue weighted by molar-refractivity contribution is 5.87. The predicted octanol–water partition coefficient (Wildman–Crippen LogP) is 6.44. The number of aromatic amines is 1. The maximum Gasteiger partial charge on any atom is 0.439 e. The van der Waals surface area contributed by atoms with Crippen LogP contribution in [-0.4, -0.2) is 48.3 Å². The number of fused-ring (bicyclic) bond motifs is 1. The average Bonchev–Trinajstić information content (AvgIpc) is 3.60. The molecule has 46 heavy (non-hydrogen) atoms. The van der Waals surface area contributed by atoms with Gasteiger partial charge in [-0.1, -0.05) is 54.0 Å². The lowest BCUT2D eigenvalue weighted by Crippen LogP contribution is -2.42. The Labute approximate surface area is 263 Å². The van der Waals surface area contributed by atoms with Crippen LogP contribution in [0, 0.1) is 5.92 Å². The van der Waals surface area contributed by atoms with E-state index in [2.05, 4.69) is 39.4 Å². The van der Waals surface area contributed by atoms with Gasteiger partial charge < -0.3 is 14.8 Å².